The van der Waals surface area contributed by atoms with E-state index in [9.17, 15) is 5.21 Å². The number of rotatable bonds is 1. The fourth-order valence-corrected chi connectivity index (χ4v) is 1.57. The molecule has 8 heteroatoms. The fourth-order valence-electron chi connectivity index (χ4n) is 1.57. The quantitative estimate of drug-likeness (QED) is 0.493. The van der Waals surface area contributed by atoms with Crippen LogP contribution in [0.3, 0.4) is 0 Å². The first-order valence-electron chi connectivity index (χ1n) is 5.02. The minimum atomic E-state index is -0.304. The van der Waals surface area contributed by atoms with E-state index in [2.05, 4.69) is 21.9 Å². The SMILES string of the molecule is CN1CCN(c2nc(N)n(O)c(=N)n2)CC1. The van der Waals surface area contributed by atoms with E-state index in [1.165, 1.54) is 0 Å². The van der Waals surface area contributed by atoms with Crippen molar-refractivity contribution >= 4 is 11.9 Å². The third-order valence-corrected chi connectivity index (χ3v) is 2.62. The van der Waals surface area contributed by atoms with Crippen LogP contribution in [0, 0.1) is 5.41 Å². The molecule has 0 amide bonds. The third-order valence-electron chi connectivity index (χ3n) is 2.62. The number of anilines is 2. The summed E-state index contributed by atoms with van der Waals surface area (Å²) in [5, 5.41) is 16.6. The van der Waals surface area contributed by atoms with Gasteiger partial charge < -0.3 is 20.7 Å². The van der Waals surface area contributed by atoms with Crippen molar-refractivity contribution < 1.29 is 5.21 Å². The summed E-state index contributed by atoms with van der Waals surface area (Å²) in [5.74, 6) is 0.287. The van der Waals surface area contributed by atoms with Gasteiger partial charge in [-0.15, -0.1) is 4.73 Å². The number of nitrogens with two attached hydrogens (primary N) is 1. The average molecular weight is 225 g/mol. The van der Waals surface area contributed by atoms with Gasteiger partial charge in [-0.2, -0.15) is 9.97 Å². The van der Waals surface area contributed by atoms with E-state index in [0.29, 0.717) is 10.7 Å². The summed E-state index contributed by atoms with van der Waals surface area (Å²) >= 11 is 0. The number of nitrogen functional groups attached to an aromatic ring is 1. The van der Waals surface area contributed by atoms with Gasteiger partial charge in [0.05, 0.1) is 0 Å². The van der Waals surface area contributed by atoms with E-state index in [0.717, 1.165) is 26.2 Å². The average Bonchev–Trinajstić information content (AvgIpc) is 2.26. The number of hydrogen-bond acceptors (Lipinski definition) is 7. The molecule has 1 aromatic rings. The van der Waals surface area contributed by atoms with Gasteiger partial charge in [0.2, 0.25) is 11.9 Å². The Morgan fingerprint density at radius 2 is 1.88 bits per heavy atom. The smallest absolute Gasteiger partial charge is 0.262 e. The first kappa shape index (κ1) is 10.7. The van der Waals surface area contributed by atoms with Crippen LogP contribution in [0.4, 0.5) is 11.9 Å². The highest BCUT2D eigenvalue weighted by Gasteiger charge is 2.17. The topological polar surface area (TPSA) is 107 Å². The fraction of sp³-hybridized carbons (Fsp3) is 0.625. The Labute approximate surface area is 92.4 Å². The summed E-state index contributed by atoms with van der Waals surface area (Å²) in [6.45, 7) is 3.44. The van der Waals surface area contributed by atoms with Gasteiger partial charge in [-0.05, 0) is 7.05 Å². The zero-order valence-corrected chi connectivity index (χ0v) is 9.09. The number of piperazine rings is 1. The molecule has 0 bridgehead atoms. The van der Waals surface area contributed by atoms with E-state index >= 15 is 0 Å². The predicted octanol–water partition coefficient (Wildman–Crippen LogP) is -1.67. The molecular weight excluding hydrogens is 210 g/mol. The molecule has 0 atom stereocenters. The second-order valence-electron chi connectivity index (χ2n) is 3.81. The van der Waals surface area contributed by atoms with E-state index in [-0.39, 0.29) is 11.6 Å². The number of likely N-dealkylation sites (N-methyl/N-ethyl adjacent to an activating group) is 1. The van der Waals surface area contributed by atoms with E-state index in [1.54, 1.807) is 0 Å². The van der Waals surface area contributed by atoms with Crippen LogP contribution < -0.4 is 16.3 Å². The standard InChI is InChI=1S/C8H15N7O/c1-13-2-4-14(5-3-13)8-11-6(9)15(16)7(10)12-8/h16H,2-5H2,1H3,(H3,9,10,11,12). The summed E-state index contributed by atoms with van der Waals surface area (Å²) in [7, 11) is 2.05. The van der Waals surface area contributed by atoms with Crippen LogP contribution in [-0.4, -0.2) is 58.0 Å². The molecule has 1 aliphatic heterocycles. The Morgan fingerprint density at radius 3 is 2.44 bits per heavy atom. The highest BCUT2D eigenvalue weighted by molar-refractivity contribution is 5.33. The monoisotopic (exact) mass is 225 g/mol. The van der Waals surface area contributed by atoms with Gasteiger partial charge in [-0.1, -0.05) is 0 Å². The van der Waals surface area contributed by atoms with Crippen LogP contribution in [0.5, 0.6) is 0 Å². The summed E-state index contributed by atoms with van der Waals surface area (Å²) < 4.78 is 0.458. The van der Waals surface area contributed by atoms with Gasteiger partial charge in [-0.25, -0.2) is 0 Å². The molecule has 2 rings (SSSR count). The van der Waals surface area contributed by atoms with E-state index in [1.807, 2.05) is 4.90 Å². The molecule has 1 aromatic heterocycles. The van der Waals surface area contributed by atoms with Crippen LogP contribution in [0.15, 0.2) is 0 Å². The largest absolute Gasteiger partial charge is 0.422 e. The van der Waals surface area contributed by atoms with E-state index < -0.39 is 0 Å². The van der Waals surface area contributed by atoms with Crippen molar-refractivity contribution in [3.8, 4) is 0 Å². The molecule has 1 saturated heterocycles. The number of nitrogens with zero attached hydrogens (tertiary/aromatic N) is 5. The van der Waals surface area contributed by atoms with Crippen LogP contribution >= 0.6 is 0 Å². The molecule has 0 spiro atoms. The molecule has 0 unspecified atom stereocenters. The Hall–Kier alpha value is -1.83. The van der Waals surface area contributed by atoms with Crippen molar-refractivity contribution in [3.63, 3.8) is 0 Å². The summed E-state index contributed by atoms with van der Waals surface area (Å²) in [5.41, 5.74) is 5.16. The lowest BCUT2D eigenvalue weighted by Gasteiger charge is -2.32. The zero-order chi connectivity index (χ0) is 11.7. The highest BCUT2D eigenvalue weighted by Crippen LogP contribution is 2.08. The van der Waals surface area contributed by atoms with Gasteiger partial charge >= 0.3 is 0 Å². The summed E-state index contributed by atoms with van der Waals surface area (Å²) in [4.78, 5) is 12.0. The maximum atomic E-state index is 9.22. The molecule has 0 aliphatic carbocycles. The van der Waals surface area contributed by atoms with Crippen LogP contribution in [0.1, 0.15) is 0 Å². The molecular formula is C8H15N7O. The minimum Gasteiger partial charge on any atom is -0.422 e. The lowest BCUT2D eigenvalue weighted by Crippen LogP contribution is -2.46. The van der Waals surface area contributed by atoms with Crippen molar-refractivity contribution in [2.75, 3.05) is 43.9 Å². The molecule has 88 valence electrons. The normalized spacial score (nSPS) is 17.7. The van der Waals surface area contributed by atoms with Gasteiger partial charge in [0.1, 0.15) is 0 Å². The maximum Gasteiger partial charge on any atom is 0.262 e. The van der Waals surface area contributed by atoms with Crippen molar-refractivity contribution in [3.05, 3.63) is 5.62 Å². The van der Waals surface area contributed by atoms with Gasteiger partial charge in [0.15, 0.2) is 0 Å². The Kier molecular flexibility index (Phi) is 2.65. The van der Waals surface area contributed by atoms with Crippen molar-refractivity contribution in [1.29, 1.82) is 5.41 Å². The molecule has 1 aliphatic rings. The Morgan fingerprint density at radius 1 is 1.25 bits per heavy atom. The Balaban J connectivity index is 2.24. The van der Waals surface area contributed by atoms with Crippen molar-refractivity contribution in [1.82, 2.24) is 19.6 Å². The second-order valence-corrected chi connectivity index (χ2v) is 3.81. The number of aromatic nitrogens is 3. The minimum absolute atomic E-state index is 0.117. The van der Waals surface area contributed by atoms with Crippen molar-refractivity contribution in [2.45, 2.75) is 0 Å². The summed E-state index contributed by atoms with van der Waals surface area (Å²) in [6.07, 6.45) is 0. The Bertz CT molecular complexity index is 435. The zero-order valence-electron chi connectivity index (χ0n) is 9.09. The molecule has 0 radical (unpaired) electrons. The molecule has 16 heavy (non-hydrogen) atoms. The number of nitrogens with one attached hydrogen (secondary N) is 1. The van der Waals surface area contributed by atoms with Crippen LogP contribution in [-0.2, 0) is 0 Å². The third kappa shape index (κ3) is 1.91. The van der Waals surface area contributed by atoms with Crippen LogP contribution in [0.25, 0.3) is 0 Å². The maximum absolute atomic E-state index is 9.22. The lowest BCUT2D eigenvalue weighted by molar-refractivity contribution is 0.168. The first-order valence-corrected chi connectivity index (χ1v) is 5.02. The number of hydrogen-bond donors (Lipinski definition) is 3. The molecule has 1 fully saturated rings. The second kappa shape index (κ2) is 3.97. The first-order chi connectivity index (χ1) is 7.58. The highest BCUT2D eigenvalue weighted by atomic mass is 16.5. The molecule has 8 nitrogen and oxygen atoms in total. The van der Waals surface area contributed by atoms with Gasteiger partial charge in [0.25, 0.3) is 5.62 Å². The van der Waals surface area contributed by atoms with Gasteiger partial charge in [-0.3, -0.25) is 5.41 Å². The molecule has 0 saturated carbocycles. The molecule has 0 aromatic carbocycles. The molecule has 4 N–H and O–H groups in total. The van der Waals surface area contributed by atoms with Crippen molar-refractivity contribution in [2.24, 2.45) is 0 Å². The van der Waals surface area contributed by atoms with Gasteiger partial charge in [0, 0.05) is 26.2 Å². The van der Waals surface area contributed by atoms with E-state index in [4.69, 9.17) is 11.1 Å². The predicted molar refractivity (Wildman–Crippen MR) is 57.2 cm³/mol. The lowest BCUT2D eigenvalue weighted by atomic mass is 10.3. The molecule has 2 heterocycles. The summed E-state index contributed by atoms with van der Waals surface area (Å²) in [6, 6.07) is 0. The van der Waals surface area contributed by atoms with Crippen LogP contribution in [0.2, 0.25) is 0 Å².